The van der Waals surface area contributed by atoms with Gasteiger partial charge in [-0.3, -0.25) is 4.79 Å². The molecule has 1 aromatic carbocycles. The van der Waals surface area contributed by atoms with Gasteiger partial charge in [-0.25, -0.2) is 4.57 Å². The second-order valence-electron chi connectivity index (χ2n) is 4.28. The molecule has 0 radical (unpaired) electrons. The van der Waals surface area contributed by atoms with E-state index in [2.05, 4.69) is 0 Å². The van der Waals surface area contributed by atoms with Gasteiger partial charge in [0.15, 0.2) is 5.69 Å². The van der Waals surface area contributed by atoms with Crippen LogP contribution in [0, 0.1) is 10.1 Å². The Morgan fingerprint density at radius 2 is 2.05 bits per heavy atom. The van der Waals surface area contributed by atoms with Crippen LogP contribution in [0.3, 0.4) is 0 Å². The average Bonchev–Trinajstić information content (AvgIpc) is 2.79. The summed E-state index contributed by atoms with van der Waals surface area (Å²) < 4.78 is 1.22. The summed E-state index contributed by atoms with van der Waals surface area (Å²) in [5, 5.41) is 20.2. The van der Waals surface area contributed by atoms with Gasteiger partial charge in [-0.15, -0.1) is 0 Å². The van der Waals surface area contributed by atoms with E-state index in [1.807, 2.05) is 0 Å². The molecule has 0 aliphatic rings. The molecule has 0 spiro atoms. The lowest BCUT2D eigenvalue weighted by Gasteiger charge is -2.16. The molecule has 0 saturated carbocycles. The van der Waals surface area contributed by atoms with E-state index in [0.717, 1.165) is 0 Å². The van der Waals surface area contributed by atoms with Crippen LogP contribution in [0.15, 0.2) is 36.4 Å². The van der Waals surface area contributed by atoms with Gasteiger partial charge < -0.3 is 20.1 Å². The van der Waals surface area contributed by atoms with E-state index >= 15 is 0 Å². The quantitative estimate of drug-likeness (QED) is 0.684. The van der Waals surface area contributed by atoms with Crippen LogP contribution in [0.1, 0.15) is 10.5 Å². The van der Waals surface area contributed by atoms with Crippen molar-refractivity contribution in [2.45, 2.75) is 0 Å². The molecule has 7 nitrogen and oxygen atoms in total. The zero-order chi connectivity index (χ0) is 14.9. The van der Waals surface area contributed by atoms with E-state index in [0.29, 0.717) is 5.69 Å². The van der Waals surface area contributed by atoms with Gasteiger partial charge in [0.25, 0.3) is 5.91 Å². The van der Waals surface area contributed by atoms with Crippen molar-refractivity contribution in [3.63, 3.8) is 0 Å². The average molecular weight is 275 g/mol. The summed E-state index contributed by atoms with van der Waals surface area (Å²) in [4.78, 5) is 23.9. The number of anilines is 1. The maximum Gasteiger partial charge on any atom is 0.323 e. The lowest BCUT2D eigenvalue weighted by Crippen LogP contribution is -2.28. The van der Waals surface area contributed by atoms with Crippen LogP contribution in [-0.2, 0) is 7.05 Å². The molecule has 0 atom stereocenters. The summed E-state index contributed by atoms with van der Waals surface area (Å²) in [5.74, 6) is -0.510. The molecule has 0 bridgehead atoms. The number of nitrogens with zero attached hydrogens (tertiary/aromatic N) is 3. The molecule has 20 heavy (non-hydrogen) atoms. The van der Waals surface area contributed by atoms with Gasteiger partial charge in [-0.1, -0.05) is 6.07 Å². The van der Waals surface area contributed by atoms with E-state index in [-0.39, 0.29) is 17.3 Å². The highest BCUT2D eigenvalue weighted by molar-refractivity contribution is 6.05. The van der Waals surface area contributed by atoms with Gasteiger partial charge in [0.1, 0.15) is 5.75 Å². The molecular formula is C13H13N3O4. The second-order valence-corrected chi connectivity index (χ2v) is 4.28. The maximum atomic E-state index is 12.3. The molecule has 1 amide bonds. The molecular weight excluding hydrogens is 262 g/mol. The van der Waals surface area contributed by atoms with Crippen molar-refractivity contribution in [3.05, 3.63) is 52.2 Å². The van der Waals surface area contributed by atoms with Gasteiger partial charge in [-0.2, -0.15) is 0 Å². The highest BCUT2D eigenvalue weighted by Crippen LogP contribution is 2.22. The van der Waals surface area contributed by atoms with Crippen LogP contribution >= 0.6 is 0 Å². The van der Waals surface area contributed by atoms with Crippen LogP contribution in [-0.4, -0.2) is 27.6 Å². The predicted octanol–water partition coefficient (Wildman–Crippen LogP) is 1.92. The fourth-order valence-electron chi connectivity index (χ4n) is 1.89. The monoisotopic (exact) mass is 275 g/mol. The summed E-state index contributed by atoms with van der Waals surface area (Å²) in [7, 11) is 3.00. The van der Waals surface area contributed by atoms with Gasteiger partial charge in [0.05, 0.1) is 7.05 Å². The first-order chi connectivity index (χ1) is 9.41. The molecule has 0 saturated heterocycles. The molecule has 1 aromatic heterocycles. The summed E-state index contributed by atoms with van der Waals surface area (Å²) in [5.41, 5.74) is 0.696. The largest absolute Gasteiger partial charge is 0.508 e. The van der Waals surface area contributed by atoms with E-state index in [1.165, 1.54) is 47.8 Å². The highest BCUT2D eigenvalue weighted by atomic mass is 16.6. The molecule has 104 valence electrons. The number of benzene rings is 1. The van der Waals surface area contributed by atoms with Crippen molar-refractivity contribution in [1.82, 2.24) is 4.57 Å². The standard InChI is InChI=1S/C13H13N3O4/c1-14(9-4-3-5-10(17)8-9)13(18)11-6-7-12(15(11)2)16(19)20/h3-8,17H,1-2H3. The number of nitro groups is 1. The molecule has 0 aliphatic heterocycles. The third-order valence-electron chi connectivity index (χ3n) is 3.02. The number of phenols is 1. The van der Waals surface area contributed by atoms with E-state index in [9.17, 15) is 20.0 Å². The first-order valence-corrected chi connectivity index (χ1v) is 5.79. The third-order valence-corrected chi connectivity index (χ3v) is 3.02. The Hall–Kier alpha value is -2.83. The van der Waals surface area contributed by atoms with Crippen molar-refractivity contribution >= 4 is 17.4 Å². The van der Waals surface area contributed by atoms with E-state index in [4.69, 9.17) is 0 Å². The molecule has 2 rings (SSSR count). The third kappa shape index (κ3) is 2.33. The first kappa shape index (κ1) is 13.6. The van der Waals surface area contributed by atoms with E-state index < -0.39 is 10.8 Å². The van der Waals surface area contributed by atoms with Crippen LogP contribution in [0.2, 0.25) is 0 Å². The molecule has 2 aromatic rings. The number of amides is 1. The summed E-state index contributed by atoms with van der Waals surface area (Å²) >= 11 is 0. The van der Waals surface area contributed by atoms with Crippen molar-refractivity contribution in [2.24, 2.45) is 7.05 Å². The fraction of sp³-hybridized carbons (Fsp3) is 0.154. The lowest BCUT2D eigenvalue weighted by atomic mass is 10.2. The van der Waals surface area contributed by atoms with E-state index in [1.54, 1.807) is 12.1 Å². The Morgan fingerprint density at radius 1 is 1.35 bits per heavy atom. The van der Waals surface area contributed by atoms with Gasteiger partial charge in [-0.05, 0) is 23.1 Å². The number of carbonyl (C=O) groups excluding carboxylic acids is 1. The molecule has 0 aliphatic carbocycles. The Kier molecular flexibility index (Phi) is 3.43. The number of hydrogen-bond donors (Lipinski definition) is 1. The van der Waals surface area contributed by atoms with Crippen molar-refractivity contribution < 1.29 is 14.8 Å². The van der Waals surface area contributed by atoms with Gasteiger partial charge in [0, 0.05) is 24.9 Å². The minimum absolute atomic E-state index is 0.0417. The zero-order valence-corrected chi connectivity index (χ0v) is 11.0. The normalized spacial score (nSPS) is 10.3. The van der Waals surface area contributed by atoms with Crippen LogP contribution in [0.4, 0.5) is 11.5 Å². The van der Waals surface area contributed by atoms with Crippen molar-refractivity contribution in [3.8, 4) is 5.75 Å². The molecule has 0 fully saturated rings. The number of hydrogen-bond acceptors (Lipinski definition) is 4. The maximum absolute atomic E-state index is 12.3. The second kappa shape index (κ2) is 5.04. The zero-order valence-electron chi connectivity index (χ0n) is 11.0. The number of aromatic hydroxyl groups is 1. The topological polar surface area (TPSA) is 88.6 Å². The number of carbonyl (C=O) groups is 1. The fourth-order valence-corrected chi connectivity index (χ4v) is 1.89. The lowest BCUT2D eigenvalue weighted by molar-refractivity contribution is -0.391. The van der Waals surface area contributed by atoms with Crippen LogP contribution in [0.5, 0.6) is 5.75 Å². The van der Waals surface area contributed by atoms with Crippen molar-refractivity contribution in [1.29, 1.82) is 0 Å². The minimum atomic E-state index is -0.550. The Balaban J connectivity index is 2.34. The molecule has 1 N–H and O–H groups in total. The summed E-state index contributed by atoms with van der Waals surface area (Å²) in [6.07, 6.45) is 0. The highest BCUT2D eigenvalue weighted by Gasteiger charge is 2.24. The Bertz CT molecular complexity index is 678. The van der Waals surface area contributed by atoms with Gasteiger partial charge >= 0.3 is 5.82 Å². The van der Waals surface area contributed by atoms with Crippen LogP contribution in [0.25, 0.3) is 0 Å². The van der Waals surface area contributed by atoms with Crippen molar-refractivity contribution in [2.75, 3.05) is 11.9 Å². The first-order valence-electron chi connectivity index (χ1n) is 5.79. The molecule has 1 heterocycles. The Morgan fingerprint density at radius 3 is 2.60 bits per heavy atom. The summed E-state index contributed by atoms with van der Waals surface area (Å²) in [6.45, 7) is 0. The SMILES string of the molecule is CN(C(=O)c1ccc([N+](=O)[O-])n1C)c1cccc(O)c1. The number of phenolic OH excluding ortho intramolecular Hbond substituents is 1. The van der Waals surface area contributed by atoms with Crippen LogP contribution < -0.4 is 4.90 Å². The molecule has 7 heteroatoms. The minimum Gasteiger partial charge on any atom is -0.508 e. The predicted molar refractivity (Wildman–Crippen MR) is 72.9 cm³/mol. The smallest absolute Gasteiger partial charge is 0.323 e. The summed E-state index contributed by atoms with van der Waals surface area (Å²) in [6, 6.07) is 8.89. The van der Waals surface area contributed by atoms with Gasteiger partial charge in [0.2, 0.25) is 0 Å². The molecule has 0 unspecified atom stereocenters. The number of aromatic nitrogens is 1. The number of rotatable bonds is 3. The Labute approximate surface area is 114 Å².